The molecule has 124 valence electrons. The van der Waals surface area contributed by atoms with Crippen molar-refractivity contribution in [3.05, 3.63) is 96.6 Å². The van der Waals surface area contributed by atoms with E-state index in [0.29, 0.717) is 0 Å². The summed E-state index contributed by atoms with van der Waals surface area (Å²) in [6.45, 7) is 2.17. The standard InChI is InChI=1S/C25H18O/c1-17-15-19(11-13-21(17)18-7-3-2-4-8-18)20-12-14-23-22-9-5-6-10-24(22)26-25(23)16-20/h2-16H,1H3. The van der Waals surface area contributed by atoms with Crippen LogP contribution in [0.15, 0.2) is 95.4 Å². The zero-order chi connectivity index (χ0) is 17.5. The Morgan fingerprint density at radius 3 is 2.08 bits per heavy atom. The highest BCUT2D eigenvalue weighted by molar-refractivity contribution is 6.05. The Morgan fingerprint density at radius 1 is 0.538 bits per heavy atom. The van der Waals surface area contributed by atoms with E-state index in [1.807, 2.05) is 12.1 Å². The summed E-state index contributed by atoms with van der Waals surface area (Å²) in [5.41, 5.74) is 8.08. The third kappa shape index (κ3) is 2.41. The Balaban J connectivity index is 1.61. The molecule has 0 bridgehead atoms. The van der Waals surface area contributed by atoms with Gasteiger partial charge in [0.2, 0.25) is 0 Å². The fourth-order valence-corrected chi connectivity index (χ4v) is 3.69. The van der Waals surface area contributed by atoms with Gasteiger partial charge >= 0.3 is 0 Å². The first-order chi connectivity index (χ1) is 12.8. The maximum Gasteiger partial charge on any atom is 0.136 e. The molecule has 0 fully saturated rings. The quantitative estimate of drug-likeness (QED) is 0.332. The van der Waals surface area contributed by atoms with E-state index < -0.39 is 0 Å². The summed E-state index contributed by atoms with van der Waals surface area (Å²) in [6.07, 6.45) is 0. The zero-order valence-electron chi connectivity index (χ0n) is 14.6. The normalized spacial score (nSPS) is 11.3. The second-order valence-electron chi connectivity index (χ2n) is 6.70. The third-order valence-electron chi connectivity index (χ3n) is 5.02. The highest BCUT2D eigenvalue weighted by atomic mass is 16.3. The Bertz CT molecular complexity index is 1230. The SMILES string of the molecule is Cc1cc(-c2ccc3c(c2)oc2ccccc23)ccc1-c1ccccc1. The van der Waals surface area contributed by atoms with E-state index in [-0.39, 0.29) is 0 Å². The van der Waals surface area contributed by atoms with Crippen molar-refractivity contribution in [2.75, 3.05) is 0 Å². The molecule has 5 rings (SSSR count). The second-order valence-corrected chi connectivity index (χ2v) is 6.70. The van der Waals surface area contributed by atoms with Crippen LogP contribution in [-0.4, -0.2) is 0 Å². The van der Waals surface area contributed by atoms with Crippen molar-refractivity contribution in [1.29, 1.82) is 0 Å². The Morgan fingerprint density at radius 2 is 1.23 bits per heavy atom. The van der Waals surface area contributed by atoms with Gasteiger partial charge in [-0.1, -0.05) is 72.8 Å². The monoisotopic (exact) mass is 334 g/mol. The lowest BCUT2D eigenvalue weighted by Gasteiger charge is -2.09. The summed E-state index contributed by atoms with van der Waals surface area (Å²) in [5, 5.41) is 2.34. The average Bonchev–Trinajstić information content (AvgIpc) is 3.06. The summed E-state index contributed by atoms with van der Waals surface area (Å²) in [7, 11) is 0. The number of hydrogen-bond acceptors (Lipinski definition) is 1. The summed E-state index contributed by atoms with van der Waals surface area (Å²) in [5.74, 6) is 0. The van der Waals surface area contributed by atoms with Gasteiger partial charge in [0.05, 0.1) is 0 Å². The third-order valence-corrected chi connectivity index (χ3v) is 5.02. The maximum absolute atomic E-state index is 6.04. The van der Waals surface area contributed by atoms with Gasteiger partial charge in [0.25, 0.3) is 0 Å². The molecule has 1 heterocycles. The summed E-state index contributed by atoms with van der Waals surface area (Å²) in [6, 6.07) is 31.9. The minimum atomic E-state index is 0.938. The van der Waals surface area contributed by atoms with E-state index in [2.05, 4.69) is 85.8 Å². The highest BCUT2D eigenvalue weighted by Crippen LogP contribution is 2.33. The smallest absolute Gasteiger partial charge is 0.136 e. The molecule has 0 aliphatic carbocycles. The first kappa shape index (κ1) is 15.0. The maximum atomic E-state index is 6.04. The van der Waals surface area contributed by atoms with Crippen LogP contribution in [0.1, 0.15) is 5.56 Å². The number of fused-ring (bicyclic) bond motifs is 3. The largest absolute Gasteiger partial charge is 0.456 e. The van der Waals surface area contributed by atoms with Crippen LogP contribution in [0, 0.1) is 6.92 Å². The lowest BCUT2D eigenvalue weighted by atomic mass is 9.95. The summed E-state index contributed by atoms with van der Waals surface area (Å²) >= 11 is 0. The van der Waals surface area contributed by atoms with Crippen molar-refractivity contribution in [3.63, 3.8) is 0 Å². The first-order valence-electron chi connectivity index (χ1n) is 8.87. The molecule has 1 aromatic heterocycles. The van der Waals surface area contributed by atoms with Gasteiger partial charge < -0.3 is 4.42 Å². The van der Waals surface area contributed by atoms with Gasteiger partial charge in [-0.3, -0.25) is 0 Å². The minimum absolute atomic E-state index is 0.938. The first-order valence-corrected chi connectivity index (χ1v) is 8.87. The number of aryl methyl sites for hydroxylation is 1. The molecular formula is C25H18O. The molecular weight excluding hydrogens is 316 g/mol. The molecule has 0 N–H and O–H groups in total. The van der Waals surface area contributed by atoms with Crippen LogP contribution >= 0.6 is 0 Å². The van der Waals surface area contributed by atoms with Gasteiger partial charge in [-0.25, -0.2) is 0 Å². The van der Waals surface area contributed by atoms with Gasteiger partial charge in [-0.2, -0.15) is 0 Å². The van der Waals surface area contributed by atoms with Crippen LogP contribution < -0.4 is 0 Å². The van der Waals surface area contributed by atoms with Gasteiger partial charge in [-0.05, 0) is 52.9 Å². The predicted molar refractivity (Wildman–Crippen MR) is 109 cm³/mol. The molecule has 26 heavy (non-hydrogen) atoms. The fraction of sp³-hybridized carbons (Fsp3) is 0.0400. The molecule has 0 aliphatic heterocycles. The Labute approximate surface area is 152 Å². The molecule has 1 heteroatoms. The van der Waals surface area contributed by atoms with Gasteiger partial charge in [0, 0.05) is 10.8 Å². The van der Waals surface area contributed by atoms with Crippen molar-refractivity contribution in [1.82, 2.24) is 0 Å². The van der Waals surface area contributed by atoms with Crippen molar-refractivity contribution in [3.8, 4) is 22.3 Å². The molecule has 5 aromatic rings. The molecule has 0 aliphatic rings. The van der Waals surface area contributed by atoms with Crippen LogP contribution in [0.2, 0.25) is 0 Å². The number of hydrogen-bond donors (Lipinski definition) is 0. The van der Waals surface area contributed by atoms with Crippen LogP contribution in [0.25, 0.3) is 44.2 Å². The van der Waals surface area contributed by atoms with Crippen LogP contribution in [0.5, 0.6) is 0 Å². The molecule has 0 spiro atoms. The van der Waals surface area contributed by atoms with E-state index in [1.54, 1.807) is 0 Å². The van der Waals surface area contributed by atoms with Crippen molar-refractivity contribution in [2.24, 2.45) is 0 Å². The molecule has 0 radical (unpaired) electrons. The highest BCUT2D eigenvalue weighted by Gasteiger charge is 2.09. The lowest BCUT2D eigenvalue weighted by molar-refractivity contribution is 0.669. The van der Waals surface area contributed by atoms with E-state index in [1.165, 1.54) is 38.6 Å². The predicted octanol–water partition coefficient (Wildman–Crippen LogP) is 7.23. The van der Waals surface area contributed by atoms with Crippen LogP contribution in [0.3, 0.4) is 0 Å². The summed E-state index contributed by atoms with van der Waals surface area (Å²) in [4.78, 5) is 0. The molecule has 1 nitrogen and oxygen atoms in total. The van der Waals surface area contributed by atoms with Gasteiger partial charge in [-0.15, -0.1) is 0 Å². The van der Waals surface area contributed by atoms with E-state index in [9.17, 15) is 0 Å². The van der Waals surface area contributed by atoms with Crippen molar-refractivity contribution >= 4 is 21.9 Å². The molecule has 0 unspecified atom stereocenters. The van der Waals surface area contributed by atoms with Crippen LogP contribution in [-0.2, 0) is 0 Å². The topological polar surface area (TPSA) is 13.1 Å². The second kappa shape index (κ2) is 5.89. The summed E-state index contributed by atoms with van der Waals surface area (Å²) < 4.78 is 6.04. The van der Waals surface area contributed by atoms with Crippen molar-refractivity contribution in [2.45, 2.75) is 6.92 Å². The Kier molecular flexibility index (Phi) is 3.39. The number of furan rings is 1. The zero-order valence-corrected chi connectivity index (χ0v) is 14.6. The fourth-order valence-electron chi connectivity index (χ4n) is 3.69. The molecule has 0 saturated heterocycles. The number of rotatable bonds is 2. The van der Waals surface area contributed by atoms with E-state index >= 15 is 0 Å². The molecule has 0 atom stereocenters. The van der Waals surface area contributed by atoms with E-state index in [0.717, 1.165) is 11.2 Å². The van der Waals surface area contributed by atoms with Crippen LogP contribution in [0.4, 0.5) is 0 Å². The number of para-hydroxylation sites is 1. The Hall–Kier alpha value is -3.32. The number of benzene rings is 4. The molecule has 4 aromatic carbocycles. The molecule has 0 saturated carbocycles. The lowest BCUT2D eigenvalue weighted by Crippen LogP contribution is -1.85. The van der Waals surface area contributed by atoms with Crippen molar-refractivity contribution < 1.29 is 4.42 Å². The average molecular weight is 334 g/mol. The van der Waals surface area contributed by atoms with Gasteiger partial charge in [0.1, 0.15) is 11.2 Å². The van der Waals surface area contributed by atoms with E-state index in [4.69, 9.17) is 4.42 Å². The molecule has 0 amide bonds. The van der Waals surface area contributed by atoms with Gasteiger partial charge in [0.15, 0.2) is 0 Å². The minimum Gasteiger partial charge on any atom is -0.456 e.